The molecular formula is C30H38N4O7. The van der Waals surface area contributed by atoms with Gasteiger partial charge in [-0.3, -0.25) is 14.4 Å². The van der Waals surface area contributed by atoms with Gasteiger partial charge in [-0.2, -0.15) is 0 Å². The summed E-state index contributed by atoms with van der Waals surface area (Å²) in [4.78, 5) is 64.5. The topological polar surface area (TPSA) is 143 Å². The largest absolute Gasteiger partial charge is 0.445 e. The molecule has 1 fully saturated rings. The molecule has 4 amide bonds. The van der Waals surface area contributed by atoms with E-state index in [0.29, 0.717) is 25.8 Å². The molecule has 2 aromatic carbocycles. The molecule has 2 atom stereocenters. The first-order valence-corrected chi connectivity index (χ1v) is 13.7. The van der Waals surface area contributed by atoms with Gasteiger partial charge in [0.2, 0.25) is 11.8 Å². The molecule has 0 saturated carbocycles. The van der Waals surface area contributed by atoms with Gasteiger partial charge in [0.25, 0.3) is 0 Å². The lowest BCUT2D eigenvalue weighted by Gasteiger charge is -2.23. The van der Waals surface area contributed by atoms with Crippen LogP contribution in [0.5, 0.6) is 0 Å². The lowest BCUT2D eigenvalue weighted by molar-refractivity contribution is -0.135. The number of hydrogen-bond acceptors (Lipinski definition) is 7. The maximum atomic E-state index is 13.1. The number of carbonyl (C=O) groups excluding carboxylic acids is 5. The van der Waals surface area contributed by atoms with E-state index in [-0.39, 0.29) is 38.0 Å². The molecule has 1 unspecified atom stereocenters. The average molecular weight is 567 g/mol. The molecule has 0 bridgehead atoms. The number of amides is 4. The number of ketones is 1. The number of alkyl carbamates (subject to hydrolysis) is 2. The van der Waals surface area contributed by atoms with Gasteiger partial charge in [0, 0.05) is 6.54 Å². The van der Waals surface area contributed by atoms with Crippen LogP contribution in [0.4, 0.5) is 9.59 Å². The highest BCUT2D eigenvalue weighted by Crippen LogP contribution is 2.12. The van der Waals surface area contributed by atoms with E-state index in [0.717, 1.165) is 11.1 Å². The van der Waals surface area contributed by atoms with E-state index in [4.69, 9.17) is 9.47 Å². The van der Waals surface area contributed by atoms with E-state index >= 15 is 0 Å². The third kappa shape index (κ3) is 10.9. The van der Waals surface area contributed by atoms with Crippen molar-refractivity contribution in [3.05, 3.63) is 71.8 Å². The van der Waals surface area contributed by atoms with Crippen molar-refractivity contribution in [2.75, 3.05) is 19.6 Å². The summed E-state index contributed by atoms with van der Waals surface area (Å²) in [6.07, 6.45) is -0.298. The lowest BCUT2D eigenvalue weighted by Crippen LogP contribution is -2.53. The normalized spacial score (nSPS) is 15.8. The van der Waals surface area contributed by atoms with E-state index < -0.39 is 36.1 Å². The molecule has 3 rings (SSSR count). The zero-order valence-corrected chi connectivity index (χ0v) is 23.5. The summed E-state index contributed by atoms with van der Waals surface area (Å²) in [5.41, 5.74) is 1.63. The van der Waals surface area contributed by atoms with E-state index in [9.17, 15) is 24.0 Å². The van der Waals surface area contributed by atoms with Gasteiger partial charge in [0.15, 0.2) is 5.78 Å². The third-order valence-corrected chi connectivity index (χ3v) is 6.45. The molecule has 0 aliphatic carbocycles. The fourth-order valence-corrected chi connectivity index (χ4v) is 4.31. The monoisotopic (exact) mass is 566 g/mol. The number of likely N-dealkylation sites (tertiary alicyclic amines) is 1. The minimum absolute atomic E-state index is 0.0628. The standard InChI is InChI=1S/C30H38N4O7/c1-21(2)16-25(33-30(39)41-20-23-12-7-4-8-13-23)28(37)32-24-14-9-15-34(18-26(24)35)27(36)17-31-29(38)40-19-22-10-5-3-6-11-22/h3-8,10-13,21,24-25H,9,14-20H2,1-2H3,(H,31,38)(H,32,37)(H,33,39)/t24?,25-/m0/s1. The van der Waals surface area contributed by atoms with Crippen LogP contribution < -0.4 is 16.0 Å². The zero-order chi connectivity index (χ0) is 29.6. The number of hydrogen-bond donors (Lipinski definition) is 3. The van der Waals surface area contributed by atoms with Gasteiger partial charge in [-0.1, -0.05) is 74.5 Å². The summed E-state index contributed by atoms with van der Waals surface area (Å²) in [6.45, 7) is 3.76. The molecule has 1 aliphatic heterocycles. The fourth-order valence-electron chi connectivity index (χ4n) is 4.31. The van der Waals surface area contributed by atoms with Crippen LogP contribution in [-0.4, -0.2) is 66.4 Å². The highest BCUT2D eigenvalue weighted by atomic mass is 16.6. The van der Waals surface area contributed by atoms with Crippen LogP contribution in [0.15, 0.2) is 60.7 Å². The third-order valence-electron chi connectivity index (χ3n) is 6.45. The van der Waals surface area contributed by atoms with Crippen LogP contribution >= 0.6 is 0 Å². The Morgan fingerprint density at radius 1 is 0.902 bits per heavy atom. The Morgan fingerprint density at radius 3 is 2.07 bits per heavy atom. The van der Waals surface area contributed by atoms with Crippen molar-refractivity contribution in [1.29, 1.82) is 0 Å². The van der Waals surface area contributed by atoms with Crippen molar-refractivity contribution in [3.63, 3.8) is 0 Å². The van der Waals surface area contributed by atoms with E-state index in [1.165, 1.54) is 4.90 Å². The zero-order valence-electron chi connectivity index (χ0n) is 23.5. The van der Waals surface area contributed by atoms with Gasteiger partial charge in [-0.05, 0) is 36.3 Å². The Hall–Kier alpha value is -4.41. The average Bonchev–Trinajstić information content (AvgIpc) is 3.15. The van der Waals surface area contributed by atoms with Crippen LogP contribution in [-0.2, 0) is 37.1 Å². The van der Waals surface area contributed by atoms with Gasteiger partial charge in [0.05, 0.1) is 12.6 Å². The minimum Gasteiger partial charge on any atom is -0.445 e. The Kier molecular flexibility index (Phi) is 12.1. The molecule has 11 heteroatoms. The molecule has 0 radical (unpaired) electrons. The van der Waals surface area contributed by atoms with Crippen molar-refractivity contribution >= 4 is 29.8 Å². The van der Waals surface area contributed by atoms with Crippen LogP contribution in [0.3, 0.4) is 0 Å². The van der Waals surface area contributed by atoms with Crippen LogP contribution in [0.2, 0.25) is 0 Å². The number of rotatable bonds is 11. The maximum absolute atomic E-state index is 13.1. The number of Topliss-reactive ketones (excluding diaryl/α,β-unsaturated/α-hetero) is 1. The van der Waals surface area contributed by atoms with Gasteiger partial charge in [0.1, 0.15) is 25.8 Å². The Bertz CT molecular complexity index is 1170. The second kappa shape index (κ2) is 16.0. The van der Waals surface area contributed by atoms with Gasteiger partial charge in [-0.25, -0.2) is 9.59 Å². The molecule has 1 saturated heterocycles. The molecule has 0 aromatic heterocycles. The summed E-state index contributed by atoms with van der Waals surface area (Å²) >= 11 is 0. The summed E-state index contributed by atoms with van der Waals surface area (Å²) in [5, 5.41) is 7.78. The Morgan fingerprint density at radius 2 is 1.49 bits per heavy atom. The molecule has 41 heavy (non-hydrogen) atoms. The Labute approximate surface area is 239 Å². The number of ether oxygens (including phenoxy) is 2. The highest BCUT2D eigenvalue weighted by molar-refractivity contribution is 5.95. The maximum Gasteiger partial charge on any atom is 0.408 e. The summed E-state index contributed by atoms with van der Waals surface area (Å²) in [5.74, 6) is -1.16. The van der Waals surface area contributed by atoms with Gasteiger partial charge >= 0.3 is 12.2 Å². The second-order valence-electron chi connectivity index (χ2n) is 10.3. The summed E-state index contributed by atoms with van der Waals surface area (Å²) < 4.78 is 10.4. The van der Waals surface area contributed by atoms with Crippen molar-refractivity contribution < 1.29 is 33.4 Å². The predicted molar refractivity (Wildman–Crippen MR) is 150 cm³/mol. The van der Waals surface area contributed by atoms with E-state index in [2.05, 4.69) is 16.0 Å². The molecule has 1 heterocycles. The van der Waals surface area contributed by atoms with Crippen LogP contribution in [0, 0.1) is 5.92 Å². The molecule has 0 spiro atoms. The van der Waals surface area contributed by atoms with E-state index in [1.54, 1.807) is 0 Å². The molecule has 1 aliphatic rings. The molecule has 3 N–H and O–H groups in total. The van der Waals surface area contributed by atoms with Gasteiger partial charge < -0.3 is 30.3 Å². The first-order chi connectivity index (χ1) is 19.7. The fraction of sp³-hybridized carbons (Fsp3) is 0.433. The SMILES string of the molecule is CC(C)C[C@H](NC(=O)OCc1ccccc1)C(=O)NC1CCCN(C(=O)CNC(=O)OCc2ccccc2)CC1=O. The van der Waals surface area contributed by atoms with Crippen molar-refractivity contribution in [2.24, 2.45) is 5.92 Å². The number of nitrogens with zero attached hydrogens (tertiary/aromatic N) is 1. The minimum atomic E-state index is -0.891. The first-order valence-electron chi connectivity index (χ1n) is 13.7. The molecular weight excluding hydrogens is 528 g/mol. The van der Waals surface area contributed by atoms with E-state index in [1.807, 2.05) is 74.5 Å². The quantitative estimate of drug-likeness (QED) is 0.380. The lowest BCUT2D eigenvalue weighted by atomic mass is 10.0. The Balaban J connectivity index is 1.46. The summed E-state index contributed by atoms with van der Waals surface area (Å²) in [7, 11) is 0. The number of carbonyl (C=O) groups is 5. The van der Waals surface area contributed by atoms with Crippen LogP contribution in [0.1, 0.15) is 44.2 Å². The summed E-state index contributed by atoms with van der Waals surface area (Å²) in [6, 6.07) is 16.6. The van der Waals surface area contributed by atoms with Crippen molar-refractivity contribution in [3.8, 4) is 0 Å². The first kappa shape index (κ1) is 31.1. The molecule has 11 nitrogen and oxygen atoms in total. The number of nitrogens with one attached hydrogen (secondary N) is 3. The van der Waals surface area contributed by atoms with Gasteiger partial charge in [-0.15, -0.1) is 0 Å². The van der Waals surface area contributed by atoms with Crippen molar-refractivity contribution in [2.45, 2.75) is 58.4 Å². The number of benzene rings is 2. The van der Waals surface area contributed by atoms with Crippen molar-refractivity contribution in [1.82, 2.24) is 20.9 Å². The predicted octanol–water partition coefficient (Wildman–Crippen LogP) is 2.93. The second-order valence-corrected chi connectivity index (χ2v) is 10.3. The molecule has 220 valence electrons. The smallest absolute Gasteiger partial charge is 0.408 e. The highest BCUT2D eigenvalue weighted by Gasteiger charge is 2.31. The van der Waals surface area contributed by atoms with Crippen LogP contribution in [0.25, 0.3) is 0 Å². The molecule has 2 aromatic rings.